The van der Waals surface area contributed by atoms with Crippen molar-refractivity contribution >= 4 is 29.0 Å². The van der Waals surface area contributed by atoms with Gasteiger partial charge < -0.3 is 10.2 Å². The zero-order valence-electron chi connectivity index (χ0n) is 12.6. The van der Waals surface area contributed by atoms with Gasteiger partial charge in [0.15, 0.2) is 0 Å². The number of nitrogens with one attached hydrogen (secondary N) is 1. The Balaban J connectivity index is 1.71. The van der Waals surface area contributed by atoms with E-state index in [9.17, 15) is 4.79 Å². The minimum absolute atomic E-state index is 0.140. The second-order valence-electron chi connectivity index (χ2n) is 5.91. The Morgan fingerprint density at radius 3 is 3.14 bits per heavy atom. The third-order valence-corrected chi connectivity index (χ3v) is 6.89. The van der Waals surface area contributed by atoms with Crippen LogP contribution in [0.1, 0.15) is 42.2 Å². The molecule has 1 aromatic heterocycles. The number of rotatable bonds is 3. The fourth-order valence-corrected chi connectivity index (χ4v) is 5.66. The maximum atomic E-state index is 12.9. The SMILES string of the molecule is CNC1C(=O)N(CC2CCCCCS2)CCc2ccsc21. The molecule has 0 radical (unpaired) electrons. The van der Waals surface area contributed by atoms with E-state index in [1.807, 2.05) is 7.05 Å². The summed E-state index contributed by atoms with van der Waals surface area (Å²) >= 11 is 3.78. The average molecular weight is 325 g/mol. The fraction of sp³-hybridized carbons (Fsp3) is 0.688. The van der Waals surface area contributed by atoms with Gasteiger partial charge in [-0.15, -0.1) is 11.3 Å². The molecular formula is C16H24N2OS2. The number of fused-ring (bicyclic) bond motifs is 1. The normalized spacial score (nSPS) is 27.1. The van der Waals surface area contributed by atoms with Crippen molar-refractivity contribution in [2.24, 2.45) is 0 Å². The van der Waals surface area contributed by atoms with E-state index in [1.54, 1.807) is 11.3 Å². The topological polar surface area (TPSA) is 32.3 Å². The molecule has 3 nitrogen and oxygen atoms in total. The number of thioether (sulfide) groups is 1. The molecule has 1 N–H and O–H groups in total. The van der Waals surface area contributed by atoms with Crippen LogP contribution in [0.25, 0.3) is 0 Å². The summed E-state index contributed by atoms with van der Waals surface area (Å²) in [4.78, 5) is 16.2. The zero-order valence-corrected chi connectivity index (χ0v) is 14.3. The van der Waals surface area contributed by atoms with Crippen molar-refractivity contribution in [3.05, 3.63) is 21.9 Å². The minimum atomic E-state index is -0.140. The molecule has 0 spiro atoms. The molecule has 0 aromatic carbocycles. The van der Waals surface area contributed by atoms with Gasteiger partial charge in [-0.05, 0) is 49.1 Å². The molecule has 1 amide bonds. The van der Waals surface area contributed by atoms with Crippen LogP contribution in [0.15, 0.2) is 11.4 Å². The van der Waals surface area contributed by atoms with Crippen molar-refractivity contribution in [3.8, 4) is 0 Å². The Hall–Kier alpha value is -0.520. The highest BCUT2D eigenvalue weighted by Gasteiger charge is 2.32. The second kappa shape index (κ2) is 7.16. The number of hydrogen-bond donors (Lipinski definition) is 1. The molecule has 1 saturated heterocycles. The van der Waals surface area contributed by atoms with Crippen LogP contribution in [-0.2, 0) is 11.2 Å². The first kappa shape index (κ1) is 15.4. The summed E-state index contributed by atoms with van der Waals surface area (Å²) in [6.07, 6.45) is 6.28. The lowest BCUT2D eigenvalue weighted by molar-refractivity contribution is -0.133. The quantitative estimate of drug-likeness (QED) is 0.927. The molecule has 0 aliphatic carbocycles. The molecule has 2 aliphatic heterocycles. The van der Waals surface area contributed by atoms with Gasteiger partial charge in [0.05, 0.1) is 0 Å². The predicted molar refractivity (Wildman–Crippen MR) is 91.1 cm³/mol. The van der Waals surface area contributed by atoms with E-state index >= 15 is 0 Å². The van der Waals surface area contributed by atoms with Gasteiger partial charge in [-0.1, -0.05) is 12.8 Å². The molecule has 2 atom stereocenters. The fourth-order valence-electron chi connectivity index (χ4n) is 3.28. The third-order valence-electron chi connectivity index (χ3n) is 4.49. The number of carbonyl (C=O) groups excluding carboxylic acids is 1. The highest BCUT2D eigenvalue weighted by molar-refractivity contribution is 7.99. The van der Waals surface area contributed by atoms with E-state index in [1.165, 1.54) is 41.9 Å². The van der Waals surface area contributed by atoms with E-state index in [-0.39, 0.29) is 11.9 Å². The van der Waals surface area contributed by atoms with Gasteiger partial charge in [-0.2, -0.15) is 11.8 Å². The molecule has 0 saturated carbocycles. The largest absolute Gasteiger partial charge is 0.340 e. The van der Waals surface area contributed by atoms with Gasteiger partial charge in [-0.3, -0.25) is 4.79 Å². The van der Waals surface area contributed by atoms with E-state index < -0.39 is 0 Å². The highest BCUT2D eigenvalue weighted by Crippen LogP contribution is 2.31. The van der Waals surface area contributed by atoms with E-state index in [4.69, 9.17) is 0 Å². The molecule has 0 bridgehead atoms. The molecule has 1 fully saturated rings. The summed E-state index contributed by atoms with van der Waals surface area (Å²) in [6.45, 7) is 1.80. The molecule has 21 heavy (non-hydrogen) atoms. The van der Waals surface area contributed by atoms with Crippen LogP contribution in [0, 0.1) is 0 Å². The van der Waals surface area contributed by atoms with E-state index in [0.29, 0.717) is 5.25 Å². The lowest BCUT2D eigenvalue weighted by Gasteiger charge is -2.28. The molecular weight excluding hydrogens is 300 g/mol. The molecule has 3 heterocycles. The van der Waals surface area contributed by atoms with Crippen molar-refractivity contribution in [2.75, 3.05) is 25.9 Å². The summed E-state index contributed by atoms with van der Waals surface area (Å²) in [6, 6.07) is 2.04. The van der Waals surface area contributed by atoms with Crippen molar-refractivity contribution < 1.29 is 4.79 Å². The van der Waals surface area contributed by atoms with Gasteiger partial charge in [0.25, 0.3) is 0 Å². The van der Waals surface area contributed by atoms with Gasteiger partial charge >= 0.3 is 0 Å². The van der Waals surface area contributed by atoms with Crippen LogP contribution in [0.2, 0.25) is 0 Å². The lowest BCUT2D eigenvalue weighted by atomic mass is 10.1. The minimum Gasteiger partial charge on any atom is -0.340 e. The highest BCUT2D eigenvalue weighted by atomic mass is 32.2. The van der Waals surface area contributed by atoms with E-state index in [2.05, 4.69) is 33.4 Å². The first-order chi connectivity index (χ1) is 10.3. The lowest BCUT2D eigenvalue weighted by Crippen LogP contribution is -2.42. The van der Waals surface area contributed by atoms with Crippen molar-refractivity contribution in [1.29, 1.82) is 0 Å². The Morgan fingerprint density at radius 2 is 2.29 bits per heavy atom. The molecule has 2 unspecified atom stereocenters. The zero-order chi connectivity index (χ0) is 14.7. The molecule has 116 valence electrons. The van der Waals surface area contributed by atoms with Crippen LogP contribution < -0.4 is 5.32 Å². The van der Waals surface area contributed by atoms with Crippen molar-refractivity contribution in [1.82, 2.24) is 10.2 Å². The molecule has 2 aliphatic rings. The maximum Gasteiger partial charge on any atom is 0.245 e. The number of thiophene rings is 1. The average Bonchev–Trinajstić information content (AvgIpc) is 2.73. The Kier molecular flexibility index (Phi) is 5.24. The van der Waals surface area contributed by atoms with Gasteiger partial charge in [0.2, 0.25) is 5.91 Å². The van der Waals surface area contributed by atoms with E-state index in [0.717, 1.165) is 19.5 Å². The Labute approximate surface area is 135 Å². The van der Waals surface area contributed by atoms with Crippen molar-refractivity contribution in [3.63, 3.8) is 0 Å². The third kappa shape index (κ3) is 3.46. The summed E-state index contributed by atoms with van der Waals surface area (Å²) in [5.74, 6) is 1.53. The molecule has 1 aromatic rings. The number of likely N-dealkylation sites (N-methyl/N-ethyl adjacent to an activating group) is 1. The number of hydrogen-bond acceptors (Lipinski definition) is 4. The monoisotopic (exact) mass is 324 g/mol. The van der Waals surface area contributed by atoms with Crippen LogP contribution in [-0.4, -0.2) is 41.9 Å². The van der Waals surface area contributed by atoms with Gasteiger partial charge in [-0.25, -0.2) is 0 Å². The smallest absolute Gasteiger partial charge is 0.245 e. The Bertz CT molecular complexity index is 480. The van der Waals surface area contributed by atoms with Crippen LogP contribution in [0.5, 0.6) is 0 Å². The number of carbonyl (C=O) groups is 1. The summed E-state index contributed by atoms with van der Waals surface area (Å²) in [5.41, 5.74) is 1.35. The summed E-state index contributed by atoms with van der Waals surface area (Å²) < 4.78 is 0. The first-order valence-electron chi connectivity index (χ1n) is 7.93. The molecule has 3 rings (SSSR count). The molecule has 5 heteroatoms. The maximum absolute atomic E-state index is 12.9. The summed E-state index contributed by atoms with van der Waals surface area (Å²) in [7, 11) is 1.90. The first-order valence-corrected chi connectivity index (χ1v) is 9.86. The summed E-state index contributed by atoms with van der Waals surface area (Å²) in [5, 5.41) is 5.97. The number of amides is 1. The number of nitrogens with zero attached hydrogens (tertiary/aromatic N) is 1. The van der Waals surface area contributed by atoms with Crippen LogP contribution in [0.3, 0.4) is 0 Å². The van der Waals surface area contributed by atoms with Crippen LogP contribution >= 0.6 is 23.1 Å². The van der Waals surface area contributed by atoms with Crippen LogP contribution in [0.4, 0.5) is 0 Å². The Morgan fingerprint density at radius 1 is 1.38 bits per heavy atom. The second-order valence-corrected chi connectivity index (χ2v) is 8.26. The van der Waals surface area contributed by atoms with Crippen molar-refractivity contribution in [2.45, 2.75) is 43.4 Å². The van der Waals surface area contributed by atoms with Gasteiger partial charge in [0, 0.05) is 23.2 Å². The van der Waals surface area contributed by atoms with Gasteiger partial charge in [0.1, 0.15) is 6.04 Å². The predicted octanol–water partition coefficient (Wildman–Crippen LogP) is 3.07. The standard InChI is InChI=1S/C16H24N2OS2/c1-17-14-15-12(7-10-21-15)6-8-18(16(14)19)11-13-5-3-2-4-9-20-13/h7,10,13-14,17H,2-6,8-9,11H2,1H3.